The predicted octanol–water partition coefficient (Wildman–Crippen LogP) is 2.49. The molecule has 0 aliphatic carbocycles. The van der Waals surface area contributed by atoms with E-state index in [0.29, 0.717) is 5.82 Å². The van der Waals surface area contributed by atoms with Crippen LogP contribution in [0.15, 0.2) is 48.7 Å². The van der Waals surface area contributed by atoms with Gasteiger partial charge >= 0.3 is 5.97 Å². The Kier molecular flexibility index (Phi) is 5.14. The fourth-order valence-corrected chi connectivity index (χ4v) is 1.95. The summed E-state index contributed by atoms with van der Waals surface area (Å²) in [7, 11) is 3.36. The topological polar surface area (TPSA) is 68.5 Å². The van der Waals surface area contributed by atoms with E-state index in [9.17, 15) is 4.79 Å². The smallest absolute Gasteiger partial charge is 0.330 e. The first-order valence-electron chi connectivity index (χ1n) is 6.86. The third-order valence-electron chi connectivity index (χ3n) is 3.22. The van der Waals surface area contributed by atoms with Crippen molar-refractivity contribution in [3.63, 3.8) is 0 Å². The van der Waals surface area contributed by atoms with Gasteiger partial charge in [-0.1, -0.05) is 24.3 Å². The van der Waals surface area contributed by atoms with Crippen LogP contribution in [0, 0.1) is 0 Å². The summed E-state index contributed by atoms with van der Waals surface area (Å²) < 4.78 is 4.56. The number of ether oxygens (including phenoxy) is 1. The zero-order valence-electron chi connectivity index (χ0n) is 12.7. The van der Waals surface area contributed by atoms with Crippen LogP contribution in [0.4, 0.5) is 11.5 Å². The molecule has 1 heterocycles. The maximum atomic E-state index is 11.0. The van der Waals surface area contributed by atoms with E-state index < -0.39 is 0 Å². The number of benzene rings is 1. The molecule has 0 aliphatic rings. The van der Waals surface area contributed by atoms with E-state index in [-0.39, 0.29) is 5.97 Å². The molecule has 2 rings (SSSR count). The zero-order chi connectivity index (χ0) is 15.9. The van der Waals surface area contributed by atoms with Crippen molar-refractivity contribution in [3.8, 4) is 0 Å². The highest BCUT2D eigenvalue weighted by Gasteiger charge is 2.02. The van der Waals surface area contributed by atoms with Gasteiger partial charge in [-0.2, -0.15) is 0 Å². The third-order valence-corrected chi connectivity index (χ3v) is 3.22. The second-order valence-electron chi connectivity index (χ2n) is 4.90. The first-order chi connectivity index (χ1) is 10.6. The highest BCUT2D eigenvalue weighted by Crippen LogP contribution is 2.16. The van der Waals surface area contributed by atoms with Gasteiger partial charge in [0.1, 0.15) is 5.82 Å². The first kappa shape index (κ1) is 15.6. The summed E-state index contributed by atoms with van der Waals surface area (Å²) in [6.45, 7) is 0.757. The van der Waals surface area contributed by atoms with Crippen LogP contribution in [0.2, 0.25) is 0 Å². The van der Waals surface area contributed by atoms with Crippen LogP contribution < -0.4 is 10.6 Å². The summed E-state index contributed by atoms with van der Waals surface area (Å²) in [5.74, 6) is 0.151. The third kappa shape index (κ3) is 4.34. The van der Waals surface area contributed by atoms with E-state index in [1.807, 2.05) is 37.4 Å². The Morgan fingerprint density at radius 1 is 1.27 bits per heavy atom. The number of methoxy groups -OCH3 is 1. The second-order valence-corrected chi connectivity index (χ2v) is 4.90. The SMILES string of the molecule is COC(=O)/C=C/c1ccc(CN(C)c2ccc(N)nc2)cc1. The number of carbonyl (C=O) groups excluding carboxylic acids is 1. The molecular weight excluding hydrogens is 278 g/mol. The van der Waals surface area contributed by atoms with Crippen LogP contribution >= 0.6 is 0 Å². The Labute approximate surface area is 130 Å². The van der Waals surface area contributed by atoms with Gasteiger partial charge < -0.3 is 15.4 Å². The Morgan fingerprint density at radius 3 is 2.59 bits per heavy atom. The second kappa shape index (κ2) is 7.26. The van der Waals surface area contributed by atoms with Crippen molar-refractivity contribution in [3.05, 3.63) is 59.8 Å². The Bertz CT molecular complexity index is 649. The molecule has 0 aliphatic heterocycles. The minimum Gasteiger partial charge on any atom is -0.466 e. The minimum atomic E-state index is -0.361. The largest absolute Gasteiger partial charge is 0.466 e. The van der Waals surface area contributed by atoms with Crippen molar-refractivity contribution in [2.45, 2.75) is 6.54 Å². The van der Waals surface area contributed by atoms with Gasteiger partial charge in [0.15, 0.2) is 0 Å². The number of hydrogen-bond acceptors (Lipinski definition) is 5. The number of nitrogen functional groups attached to an aromatic ring is 1. The molecule has 0 fully saturated rings. The van der Waals surface area contributed by atoms with Crippen molar-refractivity contribution in [2.75, 3.05) is 24.8 Å². The van der Waals surface area contributed by atoms with Gasteiger partial charge in [0, 0.05) is 19.7 Å². The fraction of sp³-hybridized carbons (Fsp3) is 0.176. The van der Waals surface area contributed by atoms with Crippen molar-refractivity contribution < 1.29 is 9.53 Å². The molecule has 0 saturated carbocycles. The normalized spacial score (nSPS) is 10.6. The lowest BCUT2D eigenvalue weighted by atomic mass is 10.1. The molecule has 0 bridgehead atoms. The lowest BCUT2D eigenvalue weighted by molar-refractivity contribution is -0.134. The van der Waals surface area contributed by atoms with E-state index in [4.69, 9.17) is 5.73 Å². The highest BCUT2D eigenvalue weighted by molar-refractivity contribution is 5.86. The number of anilines is 2. The average Bonchev–Trinajstić information content (AvgIpc) is 2.54. The molecule has 114 valence electrons. The Balaban J connectivity index is 2.00. The lowest BCUT2D eigenvalue weighted by Gasteiger charge is -2.19. The molecule has 0 saturated heterocycles. The van der Waals surface area contributed by atoms with Crippen molar-refractivity contribution in [2.24, 2.45) is 0 Å². The number of esters is 1. The highest BCUT2D eigenvalue weighted by atomic mass is 16.5. The fourth-order valence-electron chi connectivity index (χ4n) is 1.95. The molecule has 1 aromatic carbocycles. The summed E-state index contributed by atoms with van der Waals surface area (Å²) in [4.78, 5) is 17.2. The summed E-state index contributed by atoms with van der Waals surface area (Å²) in [5.41, 5.74) is 8.70. The van der Waals surface area contributed by atoms with Crippen molar-refractivity contribution in [1.29, 1.82) is 0 Å². The monoisotopic (exact) mass is 297 g/mol. The number of pyridine rings is 1. The van der Waals surface area contributed by atoms with E-state index >= 15 is 0 Å². The van der Waals surface area contributed by atoms with Gasteiger partial charge in [0.2, 0.25) is 0 Å². The summed E-state index contributed by atoms with van der Waals surface area (Å²) >= 11 is 0. The summed E-state index contributed by atoms with van der Waals surface area (Å²) in [6, 6.07) is 11.7. The molecule has 0 spiro atoms. The maximum Gasteiger partial charge on any atom is 0.330 e. The van der Waals surface area contributed by atoms with E-state index in [0.717, 1.165) is 23.4 Å². The molecule has 0 unspecified atom stereocenters. The number of nitrogens with zero attached hydrogens (tertiary/aromatic N) is 2. The van der Waals surface area contributed by atoms with E-state index in [2.05, 4.69) is 14.6 Å². The molecule has 2 N–H and O–H groups in total. The van der Waals surface area contributed by atoms with Crippen molar-refractivity contribution in [1.82, 2.24) is 4.98 Å². The van der Waals surface area contributed by atoms with Gasteiger partial charge in [0.25, 0.3) is 0 Å². The van der Waals surface area contributed by atoms with Crippen LogP contribution in [0.5, 0.6) is 0 Å². The molecule has 2 aromatic rings. The van der Waals surface area contributed by atoms with Crippen LogP contribution in [0.25, 0.3) is 6.08 Å². The van der Waals surface area contributed by atoms with Gasteiger partial charge in [-0.15, -0.1) is 0 Å². The number of aromatic nitrogens is 1. The van der Waals surface area contributed by atoms with E-state index in [1.165, 1.54) is 13.2 Å². The lowest BCUT2D eigenvalue weighted by Crippen LogP contribution is -2.16. The number of carbonyl (C=O) groups is 1. The maximum absolute atomic E-state index is 11.0. The minimum absolute atomic E-state index is 0.361. The van der Waals surface area contributed by atoms with Crippen LogP contribution in [-0.4, -0.2) is 25.1 Å². The molecule has 0 amide bonds. The van der Waals surface area contributed by atoms with Crippen LogP contribution in [0.3, 0.4) is 0 Å². The van der Waals surface area contributed by atoms with Gasteiger partial charge in [-0.25, -0.2) is 9.78 Å². The van der Waals surface area contributed by atoms with E-state index in [1.54, 1.807) is 18.3 Å². The summed E-state index contributed by atoms with van der Waals surface area (Å²) in [5, 5.41) is 0. The summed E-state index contributed by atoms with van der Waals surface area (Å²) in [6.07, 6.45) is 4.88. The molecule has 5 heteroatoms. The molecule has 5 nitrogen and oxygen atoms in total. The molecule has 0 atom stereocenters. The predicted molar refractivity (Wildman–Crippen MR) is 88.2 cm³/mol. The molecular formula is C17H19N3O2. The zero-order valence-corrected chi connectivity index (χ0v) is 12.7. The Morgan fingerprint density at radius 2 is 2.00 bits per heavy atom. The van der Waals surface area contributed by atoms with Crippen LogP contribution in [-0.2, 0) is 16.1 Å². The van der Waals surface area contributed by atoms with Crippen LogP contribution in [0.1, 0.15) is 11.1 Å². The van der Waals surface area contributed by atoms with Gasteiger partial charge in [-0.05, 0) is 29.3 Å². The van der Waals surface area contributed by atoms with Gasteiger partial charge in [-0.3, -0.25) is 0 Å². The molecule has 22 heavy (non-hydrogen) atoms. The standard InChI is InChI=1S/C17H19N3O2/c1-20(15-8-9-16(18)19-11-15)12-14-5-3-13(4-6-14)7-10-17(21)22-2/h3-11H,12H2,1-2H3,(H2,18,19)/b10-7+. The first-order valence-corrected chi connectivity index (χ1v) is 6.86. The quantitative estimate of drug-likeness (QED) is 0.678. The molecule has 0 radical (unpaired) electrons. The van der Waals surface area contributed by atoms with Gasteiger partial charge in [0.05, 0.1) is 19.0 Å². The van der Waals surface area contributed by atoms with Crippen molar-refractivity contribution >= 4 is 23.6 Å². The Hall–Kier alpha value is -2.82. The average molecular weight is 297 g/mol. The number of rotatable bonds is 5. The molecule has 1 aromatic heterocycles. The number of hydrogen-bond donors (Lipinski definition) is 1. The number of nitrogens with two attached hydrogens (primary N) is 1.